The molecule has 1 fully saturated rings. The SMILES string of the molecule is Cn1ncc(NCCCN2CCN(c3ccccc3)CC2)c(Br)c1=O. The first-order chi connectivity index (χ1) is 12.1. The Morgan fingerprint density at radius 1 is 1.16 bits per heavy atom. The van der Waals surface area contributed by atoms with Gasteiger partial charge in [0, 0.05) is 45.5 Å². The summed E-state index contributed by atoms with van der Waals surface area (Å²) in [4.78, 5) is 16.8. The Hall–Kier alpha value is -1.86. The number of para-hydroxylation sites is 1. The van der Waals surface area contributed by atoms with Crippen molar-refractivity contribution in [3.8, 4) is 0 Å². The molecule has 1 aromatic carbocycles. The largest absolute Gasteiger partial charge is 0.383 e. The third-order valence-electron chi connectivity index (χ3n) is 4.54. The molecule has 1 aliphatic heterocycles. The zero-order chi connectivity index (χ0) is 17.6. The molecule has 7 heteroatoms. The number of anilines is 2. The summed E-state index contributed by atoms with van der Waals surface area (Å²) in [6.07, 6.45) is 2.72. The van der Waals surface area contributed by atoms with Gasteiger partial charge in [0.2, 0.25) is 0 Å². The number of rotatable bonds is 6. The van der Waals surface area contributed by atoms with Gasteiger partial charge in [0.15, 0.2) is 0 Å². The number of aromatic nitrogens is 2. The van der Waals surface area contributed by atoms with E-state index in [2.05, 4.69) is 66.5 Å². The molecule has 0 unspecified atom stereocenters. The Bertz CT molecular complexity index is 741. The zero-order valence-electron chi connectivity index (χ0n) is 14.5. The van der Waals surface area contributed by atoms with Crippen LogP contribution < -0.4 is 15.8 Å². The van der Waals surface area contributed by atoms with Crippen molar-refractivity contribution in [3.63, 3.8) is 0 Å². The van der Waals surface area contributed by atoms with E-state index in [1.807, 2.05) is 0 Å². The molecule has 2 aromatic rings. The molecule has 0 bridgehead atoms. The van der Waals surface area contributed by atoms with Crippen molar-refractivity contribution in [2.75, 3.05) is 49.5 Å². The summed E-state index contributed by atoms with van der Waals surface area (Å²) in [7, 11) is 1.64. The average Bonchev–Trinajstić information content (AvgIpc) is 2.66. The van der Waals surface area contributed by atoms with Gasteiger partial charge in [0.25, 0.3) is 5.56 Å². The Balaban J connectivity index is 1.39. The summed E-state index contributed by atoms with van der Waals surface area (Å²) in [6, 6.07) is 10.6. The van der Waals surface area contributed by atoms with Crippen molar-refractivity contribution in [3.05, 3.63) is 51.4 Å². The number of nitrogens with zero attached hydrogens (tertiary/aromatic N) is 4. The highest BCUT2D eigenvalue weighted by Crippen LogP contribution is 2.17. The molecule has 0 aliphatic carbocycles. The van der Waals surface area contributed by atoms with E-state index in [0.29, 0.717) is 4.47 Å². The number of benzene rings is 1. The Morgan fingerprint density at radius 3 is 2.60 bits per heavy atom. The van der Waals surface area contributed by atoms with Gasteiger partial charge in [-0.3, -0.25) is 9.69 Å². The van der Waals surface area contributed by atoms with E-state index in [1.165, 1.54) is 10.4 Å². The number of halogens is 1. The lowest BCUT2D eigenvalue weighted by atomic mass is 10.2. The Morgan fingerprint density at radius 2 is 1.88 bits per heavy atom. The van der Waals surface area contributed by atoms with Gasteiger partial charge in [0.1, 0.15) is 4.47 Å². The van der Waals surface area contributed by atoms with Crippen molar-refractivity contribution in [1.29, 1.82) is 0 Å². The second kappa shape index (κ2) is 8.49. The molecule has 134 valence electrons. The van der Waals surface area contributed by atoms with Crippen molar-refractivity contribution in [2.45, 2.75) is 6.42 Å². The predicted molar refractivity (Wildman–Crippen MR) is 105 cm³/mol. The first-order valence-corrected chi connectivity index (χ1v) is 9.42. The van der Waals surface area contributed by atoms with E-state index >= 15 is 0 Å². The molecule has 6 nitrogen and oxygen atoms in total. The summed E-state index contributed by atoms with van der Waals surface area (Å²) in [5.41, 5.74) is 1.95. The minimum atomic E-state index is -0.123. The van der Waals surface area contributed by atoms with E-state index in [4.69, 9.17) is 0 Å². The summed E-state index contributed by atoms with van der Waals surface area (Å²) in [5, 5.41) is 7.34. The molecule has 1 aliphatic rings. The van der Waals surface area contributed by atoms with Gasteiger partial charge in [0.05, 0.1) is 11.9 Å². The number of hydrogen-bond donors (Lipinski definition) is 1. The smallest absolute Gasteiger partial charge is 0.282 e. The Labute approximate surface area is 156 Å². The fourth-order valence-corrected chi connectivity index (χ4v) is 3.53. The minimum Gasteiger partial charge on any atom is -0.383 e. The number of hydrogen-bond acceptors (Lipinski definition) is 5. The van der Waals surface area contributed by atoms with Gasteiger partial charge >= 0.3 is 0 Å². The van der Waals surface area contributed by atoms with Crippen LogP contribution in [0.2, 0.25) is 0 Å². The first kappa shape index (κ1) is 17.9. The summed E-state index contributed by atoms with van der Waals surface area (Å²) < 4.78 is 1.86. The minimum absolute atomic E-state index is 0.123. The van der Waals surface area contributed by atoms with E-state index in [9.17, 15) is 4.79 Å². The molecule has 1 aromatic heterocycles. The molecule has 25 heavy (non-hydrogen) atoms. The molecule has 0 amide bonds. The van der Waals surface area contributed by atoms with E-state index in [0.717, 1.165) is 51.4 Å². The quantitative estimate of drug-likeness (QED) is 0.746. The third-order valence-corrected chi connectivity index (χ3v) is 5.30. The van der Waals surface area contributed by atoms with Gasteiger partial charge in [-0.15, -0.1) is 0 Å². The van der Waals surface area contributed by atoms with Crippen LogP contribution in [0.3, 0.4) is 0 Å². The number of nitrogens with one attached hydrogen (secondary N) is 1. The van der Waals surface area contributed by atoms with E-state index in [-0.39, 0.29) is 5.56 Å². The number of aryl methyl sites for hydroxylation is 1. The predicted octanol–water partition coefficient (Wildman–Crippen LogP) is 2.17. The first-order valence-electron chi connectivity index (χ1n) is 8.63. The molecule has 2 heterocycles. The molecular weight excluding hydrogens is 382 g/mol. The monoisotopic (exact) mass is 405 g/mol. The fourth-order valence-electron chi connectivity index (χ4n) is 3.03. The number of piperazine rings is 1. The van der Waals surface area contributed by atoms with E-state index in [1.54, 1.807) is 13.2 Å². The molecule has 3 rings (SSSR count). The van der Waals surface area contributed by atoms with Crippen LogP contribution in [0.15, 0.2) is 45.8 Å². The highest BCUT2D eigenvalue weighted by Gasteiger charge is 2.16. The van der Waals surface area contributed by atoms with Crippen LogP contribution in [0.4, 0.5) is 11.4 Å². The maximum atomic E-state index is 11.8. The second-order valence-corrected chi connectivity index (χ2v) is 7.04. The van der Waals surface area contributed by atoms with Crippen LogP contribution in [0, 0.1) is 0 Å². The fraction of sp³-hybridized carbons (Fsp3) is 0.444. The van der Waals surface area contributed by atoms with Crippen LogP contribution in [0.25, 0.3) is 0 Å². The molecule has 0 radical (unpaired) electrons. The van der Waals surface area contributed by atoms with Gasteiger partial charge in [-0.25, -0.2) is 4.68 Å². The summed E-state index contributed by atoms with van der Waals surface area (Å²) in [6.45, 7) is 6.21. The van der Waals surface area contributed by atoms with Crippen LogP contribution >= 0.6 is 15.9 Å². The van der Waals surface area contributed by atoms with Crippen LogP contribution in [0.5, 0.6) is 0 Å². The van der Waals surface area contributed by atoms with Gasteiger partial charge in [-0.1, -0.05) is 18.2 Å². The molecule has 1 saturated heterocycles. The van der Waals surface area contributed by atoms with Crippen molar-refractivity contribution in [2.24, 2.45) is 7.05 Å². The van der Waals surface area contributed by atoms with Crippen LogP contribution in [0.1, 0.15) is 6.42 Å². The molecule has 0 spiro atoms. The summed E-state index contributed by atoms with van der Waals surface area (Å²) >= 11 is 3.34. The second-order valence-electron chi connectivity index (χ2n) is 6.25. The van der Waals surface area contributed by atoms with Crippen molar-refractivity contribution < 1.29 is 0 Å². The summed E-state index contributed by atoms with van der Waals surface area (Å²) in [5.74, 6) is 0. The van der Waals surface area contributed by atoms with Crippen LogP contribution in [-0.2, 0) is 7.05 Å². The molecule has 0 saturated carbocycles. The Kier molecular flexibility index (Phi) is 6.09. The van der Waals surface area contributed by atoms with E-state index < -0.39 is 0 Å². The lowest BCUT2D eigenvalue weighted by Crippen LogP contribution is -2.46. The average molecular weight is 406 g/mol. The van der Waals surface area contributed by atoms with Gasteiger partial charge < -0.3 is 10.2 Å². The highest BCUT2D eigenvalue weighted by atomic mass is 79.9. The molecular formula is C18H24BrN5O. The van der Waals surface area contributed by atoms with Crippen molar-refractivity contribution in [1.82, 2.24) is 14.7 Å². The van der Waals surface area contributed by atoms with Crippen molar-refractivity contribution >= 4 is 27.3 Å². The highest BCUT2D eigenvalue weighted by molar-refractivity contribution is 9.10. The zero-order valence-corrected chi connectivity index (χ0v) is 16.1. The molecule has 0 atom stereocenters. The third kappa shape index (κ3) is 4.61. The standard InChI is InChI=1S/C18H24BrN5O/c1-22-18(25)17(19)16(14-21-22)20-8-5-9-23-10-12-24(13-11-23)15-6-3-2-4-7-15/h2-4,6-7,14,20H,5,8-13H2,1H3. The maximum absolute atomic E-state index is 11.8. The lowest BCUT2D eigenvalue weighted by molar-refractivity contribution is 0.257. The maximum Gasteiger partial charge on any atom is 0.282 e. The molecule has 1 N–H and O–H groups in total. The van der Waals surface area contributed by atoms with Crippen LogP contribution in [-0.4, -0.2) is 53.9 Å². The van der Waals surface area contributed by atoms with Gasteiger partial charge in [-0.2, -0.15) is 5.10 Å². The van der Waals surface area contributed by atoms with Gasteiger partial charge in [-0.05, 0) is 41.0 Å². The lowest BCUT2D eigenvalue weighted by Gasteiger charge is -2.36. The normalized spacial score (nSPS) is 15.4. The topological polar surface area (TPSA) is 53.4 Å².